The van der Waals surface area contributed by atoms with E-state index in [0.717, 1.165) is 22.4 Å². The third-order valence-electron chi connectivity index (χ3n) is 2.21. The van der Waals surface area contributed by atoms with E-state index in [-0.39, 0.29) is 0 Å². The first-order valence-corrected chi connectivity index (χ1v) is 7.54. The first-order chi connectivity index (χ1) is 8.19. The standard InChI is InChI=1S/C13H9BrClIO/c14-8-9-1-2-10(15)7-13(9)17-12-5-3-11(16)4-6-12/h1-7H,8H2. The monoisotopic (exact) mass is 422 g/mol. The van der Waals surface area contributed by atoms with Crippen LogP contribution in [0.4, 0.5) is 0 Å². The molecule has 0 N–H and O–H groups in total. The van der Waals surface area contributed by atoms with Crippen LogP contribution in [0.1, 0.15) is 5.56 Å². The van der Waals surface area contributed by atoms with Gasteiger partial charge in [0.1, 0.15) is 11.5 Å². The summed E-state index contributed by atoms with van der Waals surface area (Å²) in [5.74, 6) is 1.60. The Bertz CT molecular complexity index is 513. The number of benzene rings is 2. The smallest absolute Gasteiger partial charge is 0.132 e. The molecule has 0 unspecified atom stereocenters. The van der Waals surface area contributed by atoms with Crippen molar-refractivity contribution in [1.82, 2.24) is 0 Å². The number of alkyl halides is 1. The van der Waals surface area contributed by atoms with Gasteiger partial charge < -0.3 is 4.74 Å². The van der Waals surface area contributed by atoms with Crippen molar-refractivity contribution in [2.75, 3.05) is 0 Å². The summed E-state index contributed by atoms with van der Waals surface area (Å²) < 4.78 is 7.00. The van der Waals surface area contributed by atoms with Crippen LogP contribution in [0.2, 0.25) is 5.02 Å². The Hall–Kier alpha value is -0.260. The summed E-state index contributed by atoms with van der Waals surface area (Å²) in [5.41, 5.74) is 1.08. The summed E-state index contributed by atoms with van der Waals surface area (Å²) in [6.45, 7) is 0. The fourth-order valence-corrected chi connectivity index (χ4v) is 2.35. The normalized spacial score (nSPS) is 10.3. The lowest BCUT2D eigenvalue weighted by Gasteiger charge is -2.10. The second-order valence-electron chi connectivity index (χ2n) is 3.44. The summed E-state index contributed by atoms with van der Waals surface area (Å²) in [6.07, 6.45) is 0. The number of hydrogen-bond acceptors (Lipinski definition) is 1. The van der Waals surface area contributed by atoms with Crippen LogP contribution in [0, 0.1) is 3.57 Å². The molecule has 1 nitrogen and oxygen atoms in total. The second kappa shape index (κ2) is 6.07. The fourth-order valence-electron chi connectivity index (χ4n) is 1.36. The van der Waals surface area contributed by atoms with Gasteiger partial charge in [0.25, 0.3) is 0 Å². The van der Waals surface area contributed by atoms with Gasteiger partial charge in [-0.2, -0.15) is 0 Å². The quantitative estimate of drug-likeness (QED) is 0.459. The predicted molar refractivity (Wildman–Crippen MR) is 83.3 cm³/mol. The van der Waals surface area contributed by atoms with Gasteiger partial charge in [-0.05, 0) is 59.0 Å². The summed E-state index contributed by atoms with van der Waals surface area (Å²) in [6, 6.07) is 13.6. The van der Waals surface area contributed by atoms with E-state index in [9.17, 15) is 0 Å². The molecule has 0 saturated heterocycles. The molecule has 88 valence electrons. The van der Waals surface area contributed by atoms with E-state index in [2.05, 4.69) is 38.5 Å². The van der Waals surface area contributed by atoms with Gasteiger partial charge in [-0.15, -0.1) is 0 Å². The molecule has 0 aromatic heterocycles. The first kappa shape index (κ1) is 13.2. The number of ether oxygens (including phenoxy) is 1. The zero-order valence-corrected chi connectivity index (χ0v) is 13.3. The molecule has 0 amide bonds. The van der Waals surface area contributed by atoms with Crippen molar-refractivity contribution in [2.24, 2.45) is 0 Å². The van der Waals surface area contributed by atoms with Gasteiger partial charge in [-0.3, -0.25) is 0 Å². The Morgan fingerprint density at radius 1 is 1.12 bits per heavy atom. The lowest BCUT2D eigenvalue weighted by Crippen LogP contribution is -1.89. The van der Waals surface area contributed by atoms with Crippen molar-refractivity contribution in [1.29, 1.82) is 0 Å². The Morgan fingerprint density at radius 2 is 1.82 bits per heavy atom. The van der Waals surface area contributed by atoms with Gasteiger partial charge in [0.05, 0.1) is 0 Å². The van der Waals surface area contributed by atoms with Crippen molar-refractivity contribution in [2.45, 2.75) is 5.33 Å². The minimum absolute atomic E-state index is 0.676. The topological polar surface area (TPSA) is 9.23 Å². The SMILES string of the molecule is Clc1ccc(CBr)c(Oc2ccc(I)cc2)c1. The van der Waals surface area contributed by atoms with Gasteiger partial charge in [0.2, 0.25) is 0 Å². The second-order valence-corrected chi connectivity index (χ2v) is 5.68. The molecular formula is C13H9BrClIO. The van der Waals surface area contributed by atoms with Crippen LogP contribution >= 0.6 is 50.1 Å². The minimum Gasteiger partial charge on any atom is -0.457 e. The highest BCUT2D eigenvalue weighted by atomic mass is 127. The molecule has 0 fully saturated rings. The number of halogens is 3. The molecule has 0 spiro atoms. The van der Waals surface area contributed by atoms with Gasteiger partial charge >= 0.3 is 0 Å². The molecule has 0 aliphatic heterocycles. The highest BCUT2D eigenvalue weighted by Gasteiger charge is 2.05. The van der Waals surface area contributed by atoms with Crippen LogP contribution in [-0.4, -0.2) is 0 Å². The lowest BCUT2D eigenvalue weighted by atomic mass is 10.2. The fraction of sp³-hybridized carbons (Fsp3) is 0.0769. The van der Waals surface area contributed by atoms with Crippen molar-refractivity contribution in [3.05, 3.63) is 56.6 Å². The lowest BCUT2D eigenvalue weighted by molar-refractivity contribution is 0.478. The average Bonchev–Trinajstić information content (AvgIpc) is 2.32. The van der Waals surface area contributed by atoms with Gasteiger partial charge in [-0.25, -0.2) is 0 Å². The molecule has 0 aliphatic carbocycles. The van der Waals surface area contributed by atoms with Crippen LogP contribution in [0.3, 0.4) is 0 Å². The Kier molecular flexibility index (Phi) is 4.70. The van der Waals surface area contributed by atoms with Gasteiger partial charge in [-0.1, -0.05) is 33.6 Å². The van der Waals surface area contributed by atoms with Crippen LogP contribution in [0.15, 0.2) is 42.5 Å². The molecule has 2 rings (SSSR count). The van der Waals surface area contributed by atoms with Crippen LogP contribution in [-0.2, 0) is 5.33 Å². The molecular weight excluding hydrogens is 414 g/mol. The van der Waals surface area contributed by atoms with Gasteiger partial charge in [0.15, 0.2) is 0 Å². The number of hydrogen-bond donors (Lipinski definition) is 0. The van der Waals surface area contributed by atoms with E-state index < -0.39 is 0 Å². The highest BCUT2D eigenvalue weighted by molar-refractivity contribution is 14.1. The summed E-state index contributed by atoms with van der Waals surface area (Å²) in [4.78, 5) is 0. The van der Waals surface area contributed by atoms with Crippen molar-refractivity contribution >= 4 is 50.1 Å². The zero-order chi connectivity index (χ0) is 12.3. The van der Waals surface area contributed by atoms with E-state index in [1.807, 2.05) is 42.5 Å². The molecule has 0 aliphatic rings. The molecule has 0 heterocycles. The van der Waals surface area contributed by atoms with Crippen LogP contribution < -0.4 is 4.74 Å². The molecule has 4 heteroatoms. The van der Waals surface area contributed by atoms with Crippen molar-refractivity contribution < 1.29 is 4.74 Å². The van der Waals surface area contributed by atoms with Crippen LogP contribution in [0.25, 0.3) is 0 Å². The highest BCUT2D eigenvalue weighted by Crippen LogP contribution is 2.30. The Morgan fingerprint density at radius 3 is 2.47 bits per heavy atom. The van der Waals surface area contributed by atoms with Crippen LogP contribution in [0.5, 0.6) is 11.5 Å². The summed E-state index contributed by atoms with van der Waals surface area (Å²) in [7, 11) is 0. The van der Waals surface area contributed by atoms with E-state index in [4.69, 9.17) is 16.3 Å². The Balaban J connectivity index is 2.28. The minimum atomic E-state index is 0.676. The largest absolute Gasteiger partial charge is 0.457 e. The van der Waals surface area contributed by atoms with E-state index in [1.54, 1.807) is 0 Å². The molecule has 2 aromatic carbocycles. The maximum atomic E-state index is 5.97. The third kappa shape index (κ3) is 3.60. The van der Waals surface area contributed by atoms with E-state index in [0.29, 0.717) is 5.02 Å². The average molecular weight is 423 g/mol. The molecule has 0 bridgehead atoms. The van der Waals surface area contributed by atoms with E-state index >= 15 is 0 Å². The first-order valence-electron chi connectivity index (χ1n) is 4.97. The number of rotatable bonds is 3. The maximum Gasteiger partial charge on any atom is 0.132 e. The summed E-state index contributed by atoms with van der Waals surface area (Å²) in [5, 5.41) is 1.42. The molecule has 0 atom stereocenters. The molecule has 0 radical (unpaired) electrons. The zero-order valence-electron chi connectivity index (χ0n) is 8.79. The maximum absolute atomic E-state index is 5.97. The Labute approximate surface area is 127 Å². The van der Waals surface area contributed by atoms with Crippen molar-refractivity contribution in [3.8, 4) is 11.5 Å². The van der Waals surface area contributed by atoms with E-state index in [1.165, 1.54) is 3.57 Å². The third-order valence-corrected chi connectivity index (χ3v) is 3.77. The molecule has 2 aromatic rings. The molecule has 0 saturated carbocycles. The van der Waals surface area contributed by atoms with Gasteiger partial charge in [0, 0.05) is 19.5 Å². The van der Waals surface area contributed by atoms with Crippen molar-refractivity contribution in [3.63, 3.8) is 0 Å². The predicted octanol–water partition coefficient (Wildman–Crippen LogP) is 5.63. The summed E-state index contributed by atoms with van der Waals surface area (Å²) >= 11 is 11.7. The molecule has 17 heavy (non-hydrogen) atoms.